The summed E-state index contributed by atoms with van der Waals surface area (Å²) in [6.07, 6.45) is 0.910. The zero-order valence-electron chi connectivity index (χ0n) is 14.7. The highest BCUT2D eigenvalue weighted by Crippen LogP contribution is 2.00. The van der Waals surface area contributed by atoms with Crippen LogP contribution in [0.5, 0.6) is 0 Å². The van der Waals surface area contributed by atoms with Crippen LogP contribution in [0.25, 0.3) is 0 Å². The highest BCUT2D eigenvalue weighted by molar-refractivity contribution is 14.0. The summed E-state index contributed by atoms with van der Waals surface area (Å²) in [7, 11) is 3.47. The molecule has 0 aliphatic carbocycles. The van der Waals surface area contributed by atoms with Crippen molar-refractivity contribution in [2.45, 2.75) is 32.7 Å². The molecule has 5 nitrogen and oxygen atoms in total. The minimum Gasteiger partial charge on any atom is -0.356 e. The van der Waals surface area contributed by atoms with Crippen molar-refractivity contribution in [1.29, 1.82) is 0 Å². The number of guanidine groups is 1. The molecule has 130 valence electrons. The molecule has 1 aromatic carbocycles. The second-order valence-electron chi connectivity index (χ2n) is 6.49. The first kappa shape index (κ1) is 21.7. The van der Waals surface area contributed by atoms with Crippen LogP contribution in [0.3, 0.4) is 0 Å². The van der Waals surface area contributed by atoms with Gasteiger partial charge in [-0.2, -0.15) is 0 Å². The van der Waals surface area contributed by atoms with Gasteiger partial charge in [-0.1, -0.05) is 30.3 Å². The summed E-state index contributed by atoms with van der Waals surface area (Å²) in [5.41, 5.74) is 1.16. The Balaban J connectivity index is 0.00000484. The van der Waals surface area contributed by atoms with Crippen LogP contribution >= 0.6 is 24.0 Å². The van der Waals surface area contributed by atoms with Gasteiger partial charge < -0.3 is 15.5 Å². The molecule has 0 saturated carbocycles. The number of aliphatic imine (C=N–C) groups is 1. The average Bonchev–Trinajstić information content (AvgIpc) is 2.43. The summed E-state index contributed by atoms with van der Waals surface area (Å²) in [5.74, 6) is 0.650. The first-order chi connectivity index (χ1) is 10.3. The highest BCUT2D eigenvalue weighted by atomic mass is 127. The molecule has 2 N–H and O–H groups in total. The molecule has 0 spiro atoms. The first-order valence-corrected chi connectivity index (χ1v) is 7.58. The van der Waals surface area contributed by atoms with Crippen molar-refractivity contribution >= 4 is 35.8 Å². The Hall–Kier alpha value is -1.31. The van der Waals surface area contributed by atoms with E-state index in [9.17, 15) is 4.79 Å². The molecule has 0 radical (unpaired) electrons. The van der Waals surface area contributed by atoms with Gasteiger partial charge in [0.15, 0.2) is 5.96 Å². The number of nitrogens with zero attached hydrogens (tertiary/aromatic N) is 2. The lowest BCUT2D eigenvalue weighted by Crippen LogP contribution is -2.48. The van der Waals surface area contributed by atoms with E-state index in [1.165, 1.54) is 5.56 Å². The Morgan fingerprint density at radius 2 is 1.78 bits per heavy atom. The number of rotatable bonds is 5. The van der Waals surface area contributed by atoms with Crippen molar-refractivity contribution in [2.75, 3.05) is 27.2 Å². The summed E-state index contributed by atoms with van der Waals surface area (Å²) >= 11 is 0. The third kappa shape index (κ3) is 10.1. The summed E-state index contributed by atoms with van der Waals surface area (Å²) < 4.78 is 0. The molecule has 0 heterocycles. The Morgan fingerprint density at radius 1 is 1.17 bits per heavy atom. The van der Waals surface area contributed by atoms with E-state index in [1.807, 2.05) is 18.2 Å². The number of likely N-dealkylation sites (N-methyl/N-ethyl adjacent to an activating group) is 1. The fourth-order valence-electron chi connectivity index (χ4n) is 1.75. The molecule has 0 atom stereocenters. The van der Waals surface area contributed by atoms with Crippen molar-refractivity contribution < 1.29 is 4.79 Å². The van der Waals surface area contributed by atoms with E-state index in [0.717, 1.165) is 13.0 Å². The van der Waals surface area contributed by atoms with Gasteiger partial charge in [0.05, 0.1) is 0 Å². The first-order valence-electron chi connectivity index (χ1n) is 7.58. The second-order valence-corrected chi connectivity index (χ2v) is 6.49. The van der Waals surface area contributed by atoms with Crippen molar-refractivity contribution in [3.05, 3.63) is 35.9 Å². The number of hydrogen-bond donors (Lipinski definition) is 2. The maximum absolute atomic E-state index is 11.7. The smallest absolute Gasteiger partial charge is 0.243 e. The zero-order chi connectivity index (χ0) is 16.6. The Morgan fingerprint density at radius 3 is 2.30 bits per heavy atom. The van der Waals surface area contributed by atoms with Crippen LogP contribution in [-0.2, 0) is 11.2 Å². The Bertz CT molecular complexity index is 495. The molecule has 1 aromatic rings. The lowest BCUT2D eigenvalue weighted by atomic mass is 10.1. The summed E-state index contributed by atoms with van der Waals surface area (Å²) in [4.78, 5) is 17.6. The van der Waals surface area contributed by atoms with Gasteiger partial charge in [0.2, 0.25) is 5.91 Å². The Labute approximate surface area is 157 Å². The van der Waals surface area contributed by atoms with E-state index in [-0.39, 0.29) is 42.0 Å². The molecule has 0 aromatic heterocycles. The normalized spacial score (nSPS) is 11.4. The van der Waals surface area contributed by atoms with Gasteiger partial charge >= 0.3 is 0 Å². The molecule has 0 bridgehead atoms. The molecular weight excluding hydrogens is 403 g/mol. The van der Waals surface area contributed by atoms with E-state index in [2.05, 4.69) is 48.5 Å². The van der Waals surface area contributed by atoms with Gasteiger partial charge in [-0.3, -0.25) is 4.79 Å². The fraction of sp³-hybridized carbons (Fsp3) is 0.529. The summed E-state index contributed by atoms with van der Waals surface area (Å²) in [5, 5.41) is 6.59. The maximum atomic E-state index is 11.7. The summed E-state index contributed by atoms with van der Waals surface area (Å²) in [6.45, 7) is 7.10. The molecular formula is C17H29IN4O. The molecule has 0 saturated heterocycles. The number of carbonyl (C=O) groups is 1. The lowest BCUT2D eigenvalue weighted by molar-refractivity contribution is -0.127. The third-order valence-electron chi connectivity index (χ3n) is 2.91. The van der Waals surface area contributed by atoms with Crippen molar-refractivity contribution in [3.63, 3.8) is 0 Å². The van der Waals surface area contributed by atoms with Gasteiger partial charge in [-0.15, -0.1) is 24.0 Å². The molecule has 0 aliphatic heterocycles. The lowest BCUT2D eigenvalue weighted by Gasteiger charge is -2.24. The van der Waals surface area contributed by atoms with Crippen LogP contribution in [-0.4, -0.2) is 49.5 Å². The van der Waals surface area contributed by atoms with Gasteiger partial charge in [0, 0.05) is 26.2 Å². The Kier molecular flexibility index (Phi) is 9.87. The van der Waals surface area contributed by atoms with Gasteiger partial charge in [-0.05, 0) is 32.8 Å². The molecule has 6 heteroatoms. The van der Waals surface area contributed by atoms with E-state index >= 15 is 0 Å². The number of halogens is 1. The topological polar surface area (TPSA) is 56.7 Å². The monoisotopic (exact) mass is 432 g/mol. The van der Waals surface area contributed by atoms with Crippen LogP contribution < -0.4 is 10.6 Å². The molecule has 0 aliphatic rings. The number of nitrogens with one attached hydrogen (secondary N) is 2. The number of amides is 1. The second kappa shape index (κ2) is 10.5. The molecule has 0 unspecified atom stereocenters. The number of hydrogen-bond acceptors (Lipinski definition) is 2. The standard InChI is InChI=1S/C17H28N4O.HI/c1-17(2,3)20-16(19-13-15(22)21(4)5)18-12-11-14-9-7-6-8-10-14;/h6-10H,11-13H2,1-5H3,(H2,18,19,20);1H. The van der Waals surface area contributed by atoms with Gasteiger partial charge in [-0.25, -0.2) is 4.99 Å². The van der Waals surface area contributed by atoms with Crippen molar-refractivity contribution in [2.24, 2.45) is 4.99 Å². The highest BCUT2D eigenvalue weighted by Gasteiger charge is 2.12. The van der Waals surface area contributed by atoms with Crippen molar-refractivity contribution in [1.82, 2.24) is 15.5 Å². The van der Waals surface area contributed by atoms with E-state index in [4.69, 9.17) is 0 Å². The zero-order valence-corrected chi connectivity index (χ0v) is 17.0. The summed E-state index contributed by atoms with van der Waals surface area (Å²) in [6, 6.07) is 10.3. The minimum absolute atomic E-state index is 0. The van der Waals surface area contributed by atoms with E-state index in [0.29, 0.717) is 5.96 Å². The van der Waals surface area contributed by atoms with Crippen molar-refractivity contribution in [3.8, 4) is 0 Å². The van der Waals surface area contributed by atoms with Crippen LogP contribution in [0.4, 0.5) is 0 Å². The number of benzene rings is 1. The quantitative estimate of drug-likeness (QED) is 0.427. The van der Waals surface area contributed by atoms with Crippen LogP contribution in [0.2, 0.25) is 0 Å². The molecule has 0 fully saturated rings. The number of carbonyl (C=O) groups excluding carboxylic acids is 1. The van der Waals surface area contributed by atoms with Gasteiger partial charge in [0.25, 0.3) is 0 Å². The molecule has 23 heavy (non-hydrogen) atoms. The van der Waals surface area contributed by atoms with Crippen LogP contribution in [0.1, 0.15) is 26.3 Å². The maximum Gasteiger partial charge on any atom is 0.243 e. The van der Waals surface area contributed by atoms with Crippen LogP contribution in [0, 0.1) is 0 Å². The SMILES string of the molecule is CN(C)C(=O)CN=C(NCCc1ccccc1)NC(C)(C)C.I. The van der Waals surface area contributed by atoms with E-state index < -0.39 is 0 Å². The predicted octanol–water partition coefficient (Wildman–Crippen LogP) is 2.27. The van der Waals surface area contributed by atoms with Crippen LogP contribution in [0.15, 0.2) is 35.3 Å². The minimum atomic E-state index is -0.111. The van der Waals surface area contributed by atoms with E-state index in [1.54, 1.807) is 19.0 Å². The van der Waals surface area contributed by atoms with Gasteiger partial charge in [0.1, 0.15) is 6.54 Å². The molecule has 1 amide bonds. The predicted molar refractivity (Wildman–Crippen MR) is 107 cm³/mol. The third-order valence-corrected chi connectivity index (χ3v) is 2.91. The average molecular weight is 432 g/mol. The largest absolute Gasteiger partial charge is 0.356 e. The molecule has 1 rings (SSSR count). The fourth-order valence-corrected chi connectivity index (χ4v) is 1.75.